The summed E-state index contributed by atoms with van der Waals surface area (Å²) >= 11 is 0. The quantitative estimate of drug-likeness (QED) is 0.485. The molecule has 0 aliphatic rings. The zero-order valence-electron chi connectivity index (χ0n) is 6.73. The van der Waals surface area contributed by atoms with Crippen molar-refractivity contribution in [3.05, 3.63) is 42.5 Å². The van der Waals surface area contributed by atoms with Crippen molar-refractivity contribution in [2.75, 3.05) is 6.54 Å². The van der Waals surface area contributed by atoms with Crippen molar-refractivity contribution in [1.82, 2.24) is 0 Å². The molecule has 1 aromatic rings. The molecule has 0 saturated heterocycles. The summed E-state index contributed by atoms with van der Waals surface area (Å²) in [5.41, 5.74) is 0.624. The van der Waals surface area contributed by atoms with Crippen molar-refractivity contribution >= 4 is 6.21 Å². The van der Waals surface area contributed by atoms with Crippen LogP contribution < -0.4 is 5.11 Å². The Morgan fingerprint density at radius 1 is 1.42 bits per heavy atom. The maximum atomic E-state index is 11.1. The highest BCUT2D eigenvalue weighted by atomic mass is 16.3. The summed E-state index contributed by atoms with van der Waals surface area (Å²) in [5.74, 6) is 0.00492. The van der Waals surface area contributed by atoms with Gasteiger partial charge in [-0.2, -0.15) is 0 Å². The van der Waals surface area contributed by atoms with E-state index in [1.807, 2.05) is 6.07 Å². The fourth-order valence-corrected chi connectivity index (χ4v) is 0.813. The van der Waals surface area contributed by atoms with Crippen LogP contribution in [0.3, 0.4) is 0 Å². The van der Waals surface area contributed by atoms with Crippen molar-refractivity contribution < 1.29 is 5.11 Å². The summed E-state index contributed by atoms with van der Waals surface area (Å²) in [6.45, 7) is 4.07. The first-order valence-electron chi connectivity index (χ1n) is 3.71. The van der Waals surface area contributed by atoms with Crippen LogP contribution in [0.1, 0.15) is 5.56 Å². The third kappa shape index (κ3) is 2.23. The van der Waals surface area contributed by atoms with E-state index in [-0.39, 0.29) is 5.75 Å². The number of para-hydroxylation sites is 1. The summed E-state index contributed by atoms with van der Waals surface area (Å²) in [5, 5.41) is 11.1. The lowest BCUT2D eigenvalue weighted by atomic mass is 10.2. The Morgan fingerprint density at radius 2 is 2.17 bits per heavy atom. The van der Waals surface area contributed by atoms with Gasteiger partial charge in [0.25, 0.3) is 0 Å². The molecule has 0 N–H and O–H groups in total. The molecule has 0 atom stereocenters. The van der Waals surface area contributed by atoms with Crippen LogP contribution in [0.4, 0.5) is 0 Å². The average molecular weight is 160 g/mol. The highest BCUT2D eigenvalue weighted by molar-refractivity contribution is 5.82. The van der Waals surface area contributed by atoms with Gasteiger partial charge in [-0.1, -0.05) is 30.3 Å². The molecule has 0 heterocycles. The second-order valence-corrected chi connectivity index (χ2v) is 2.32. The van der Waals surface area contributed by atoms with Gasteiger partial charge in [0.15, 0.2) is 0 Å². The first-order chi connectivity index (χ1) is 5.84. The van der Waals surface area contributed by atoms with Crippen LogP contribution in [-0.4, -0.2) is 12.8 Å². The Kier molecular flexibility index (Phi) is 3.08. The molecule has 2 nitrogen and oxygen atoms in total. The van der Waals surface area contributed by atoms with E-state index in [2.05, 4.69) is 11.6 Å². The third-order valence-corrected chi connectivity index (χ3v) is 1.38. The van der Waals surface area contributed by atoms with Gasteiger partial charge in [0.1, 0.15) is 0 Å². The lowest BCUT2D eigenvalue weighted by Crippen LogP contribution is -1.95. The van der Waals surface area contributed by atoms with E-state index in [1.54, 1.807) is 24.4 Å². The van der Waals surface area contributed by atoms with Crippen molar-refractivity contribution in [3.8, 4) is 5.75 Å². The van der Waals surface area contributed by atoms with Gasteiger partial charge in [0.05, 0.1) is 6.54 Å². The Hall–Kier alpha value is -1.57. The first-order valence-corrected chi connectivity index (χ1v) is 3.71. The predicted molar refractivity (Wildman–Crippen MR) is 48.5 cm³/mol. The van der Waals surface area contributed by atoms with Crippen LogP contribution in [0.5, 0.6) is 5.75 Å². The standard InChI is InChI=1S/C10H11NO/c1-2-7-11-8-9-5-3-4-6-10(9)12/h2-6,8,12H,1,7H2/p-1. The monoisotopic (exact) mass is 160 g/mol. The zero-order valence-corrected chi connectivity index (χ0v) is 6.73. The molecule has 2 heteroatoms. The molecule has 0 radical (unpaired) electrons. The van der Waals surface area contributed by atoms with Crippen LogP contribution >= 0.6 is 0 Å². The maximum absolute atomic E-state index is 11.1. The van der Waals surface area contributed by atoms with Gasteiger partial charge in [-0.15, -0.1) is 12.3 Å². The van der Waals surface area contributed by atoms with E-state index < -0.39 is 0 Å². The highest BCUT2D eigenvalue weighted by Gasteiger charge is 1.85. The zero-order chi connectivity index (χ0) is 8.81. The minimum atomic E-state index is 0.00492. The molecular formula is C10H10NO-. The molecule has 0 bridgehead atoms. The van der Waals surface area contributed by atoms with Gasteiger partial charge in [0, 0.05) is 6.21 Å². The molecule has 0 aliphatic carbocycles. The van der Waals surface area contributed by atoms with E-state index in [1.165, 1.54) is 6.07 Å². The number of benzene rings is 1. The minimum absolute atomic E-state index is 0.00492. The van der Waals surface area contributed by atoms with Crippen LogP contribution in [0.2, 0.25) is 0 Å². The van der Waals surface area contributed by atoms with Gasteiger partial charge < -0.3 is 5.11 Å². The largest absolute Gasteiger partial charge is 0.872 e. The van der Waals surface area contributed by atoms with Crippen LogP contribution in [-0.2, 0) is 0 Å². The topological polar surface area (TPSA) is 35.4 Å². The number of nitrogens with zero attached hydrogens (tertiary/aromatic N) is 1. The molecule has 0 saturated carbocycles. The van der Waals surface area contributed by atoms with E-state index in [0.717, 1.165) is 0 Å². The molecule has 12 heavy (non-hydrogen) atoms. The fraction of sp³-hybridized carbons (Fsp3) is 0.100. The maximum Gasteiger partial charge on any atom is 0.0567 e. The molecule has 62 valence electrons. The summed E-state index contributed by atoms with van der Waals surface area (Å²) in [4.78, 5) is 3.98. The van der Waals surface area contributed by atoms with Gasteiger partial charge >= 0.3 is 0 Å². The van der Waals surface area contributed by atoms with Crippen LogP contribution in [0.15, 0.2) is 41.9 Å². The summed E-state index contributed by atoms with van der Waals surface area (Å²) in [7, 11) is 0. The normalized spacial score (nSPS) is 10.3. The highest BCUT2D eigenvalue weighted by Crippen LogP contribution is 2.08. The molecule has 0 unspecified atom stereocenters. The molecule has 0 aromatic heterocycles. The molecule has 1 rings (SSSR count). The molecule has 0 spiro atoms. The predicted octanol–water partition coefficient (Wildman–Crippen LogP) is 1.37. The van der Waals surface area contributed by atoms with Gasteiger partial charge in [0.2, 0.25) is 0 Å². The van der Waals surface area contributed by atoms with Gasteiger partial charge in [-0.3, -0.25) is 4.99 Å². The Labute approximate surface area is 71.9 Å². The molecule has 1 aromatic carbocycles. The molecule has 0 fully saturated rings. The summed E-state index contributed by atoms with van der Waals surface area (Å²) in [6.07, 6.45) is 3.26. The molecule has 0 aliphatic heterocycles. The van der Waals surface area contributed by atoms with Crippen LogP contribution in [0, 0.1) is 0 Å². The van der Waals surface area contributed by atoms with Crippen molar-refractivity contribution in [1.29, 1.82) is 0 Å². The summed E-state index contributed by atoms with van der Waals surface area (Å²) < 4.78 is 0. The van der Waals surface area contributed by atoms with E-state index >= 15 is 0 Å². The SMILES string of the molecule is C=CCN=Cc1ccccc1[O-]. The number of hydrogen-bond acceptors (Lipinski definition) is 2. The summed E-state index contributed by atoms with van der Waals surface area (Å²) in [6, 6.07) is 6.80. The number of rotatable bonds is 3. The Morgan fingerprint density at radius 3 is 2.83 bits per heavy atom. The first kappa shape index (κ1) is 8.53. The Bertz CT molecular complexity index is 292. The molecular weight excluding hydrogens is 150 g/mol. The lowest BCUT2D eigenvalue weighted by Gasteiger charge is -2.07. The van der Waals surface area contributed by atoms with Crippen LogP contribution in [0.25, 0.3) is 0 Å². The van der Waals surface area contributed by atoms with Crippen molar-refractivity contribution in [3.63, 3.8) is 0 Å². The smallest absolute Gasteiger partial charge is 0.0567 e. The second kappa shape index (κ2) is 4.34. The van der Waals surface area contributed by atoms with Crippen molar-refractivity contribution in [2.45, 2.75) is 0 Å². The fourth-order valence-electron chi connectivity index (χ4n) is 0.813. The lowest BCUT2D eigenvalue weighted by molar-refractivity contribution is -0.268. The van der Waals surface area contributed by atoms with E-state index in [9.17, 15) is 5.11 Å². The Balaban J connectivity index is 2.74. The van der Waals surface area contributed by atoms with Gasteiger partial charge in [-0.25, -0.2) is 0 Å². The molecule has 0 amide bonds. The van der Waals surface area contributed by atoms with Gasteiger partial charge in [-0.05, 0) is 5.56 Å². The minimum Gasteiger partial charge on any atom is -0.872 e. The number of aliphatic imine (C=N–C) groups is 1. The average Bonchev–Trinajstić information content (AvgIpc) is 2.09. The van der Waals surface area contributed by atoms with E-state index in [4.69, 9.17) is 0 Å². The van der Waals surface area contributed by atoms with E-state index in [0.29, 0.717) is 12.1 Å². The number of hydrogen-bond donors (Lipinski definition) is 0. The van der Waals surface area contributed by atoms with Crippen molar-refractivity contribution in [2.24, 2.45) is 4.99 Å². The third-order valence-electron chi connectivity index (χ3n) is 1.38. The second-order valence-electron chi connectivity index (χ2n) is 2.32.